The van der Waals surface area contributed by atoms with E-state index < -0.39 is 37.2 Å². The molecule has 0 spiro atoms. The minimum Gasteiger partial charge on any atom is -0.495 e. The van der Waals surface area contributed by atoms with E-state index in [1.165, 1.54) is 40.5 Å². The highest BCUT2D eigenvalue weighted by molar-refractivity contribution is 6.37. The van der Waals surface area contributed by atoms with Crippen molar-refractivity contribution in [1.29, 1.82) is 0 Å². The second-order valence-corrected chi connectivity index (χ2v) is 17.3. The second kappa shape index (κ2) is 18.9. The highest BCUT2D eigenvalue weighted by Crippen LogP contribution is 2.42. The average Bonchev–Trinajstić information content (AvgIpc) is 4.08. The number of amides is 2. The predicted molar refractivity (Wildman–Crippen MR) is 254 cm³/mol. The van der Waals surface area contributed by atoms with E-state index in [0.717, 1.165) is 19.6 Å². The smallest absolute Gasteiger partial charge is 0.248 e. The molecule has 2 amide bonds. The number of fused-ring (bicyclic) bond motifs is 6. The Balaban J connectivity index is 1.18. The molecule has 2 atom stereocenters. The van der Waals surface area contributed by atoms with Crippen LogP contribution in [0, 0.1) is 13.8 Å². The summed E-state index contributed by atoms with van der Waals surface area (Å²) in [6.07, 6.45) is -3.85. The van der Waals surface area contributed by atoms with E-state index >= 15 is 8.78 Å². The molecule has 356 valence electrons. The number of rotatable bonds is 17. The van der Waals surface area contributed by atoms with Gasteiger partial charge in [-0.05, 0) is 70.5 Å². The number of primary amides is 2. The van der Waals surface area contributed by atoms with E-state index in [4.69, 9.17) is 58.8 Å². The van der Waals surface area contributed by atoms with Gasteiger partial charge >= 0.3 is 0 Å². The highest BCUT2D eigenvalue weighted by Gasteiger charge is 2.31. The van der Waals surface area contributed by atoms with Crippen molar-refractivity contribution in [2.24, 2.45) is 11.5 Å². The number of morpholine rings is 1. The molecule has 1 aliphatic heterocycles. The number of methoxy groups -OCH3 is 1. The SMILES string of the molecule is CCn1nc(C)cc1-c1nc(Cl)c2c3cc(C(N)=O)cc(OC)c3n(CC(F)C(F)Cn3c4nc(-c5cc(C)nn5CC)nc(Cl)c4c4cc(C(N)=O)cc(OCCCN5CCOCC5)c43)c2n1. The number of ether oxygens (including phenoxy) is 3. The fourth-order valence-corrected chi connectivity index (χ4v) is 9.54. The van der Waals surface area contributed by atoms with E-state index in [9.17, 15) is 9.59 Å². The third-order valence-electron chi connectivity index (χ3n) is 12.2. The summed E-state index contributed by atoms with van der Waals surface area (Å²) in [5.41, 5.74) is 15.2. The number of aryl methyl sites for hydroxylation is 4. The van der Waals surface area contributed by atoms with Gasteiger partial charge in [-0.15, -0.1) is 0 Å². The van der Waals surface area contributed by atoms with Crippen molar-refractivity contribution in [3.8, 4) is 34.5 Å². The molecular weight excluding hydrogens is 923 g/mol. The van der Waals surface area contributed by atoms with Crippen LogP contribution in [0.15, 0.2) is 36.4 Å². The maximum atomic E-state index is 17.4. The monoisotopic (exact) mass is 971 g/mol. The molecule has 4 N–H and O–H groups in total. The highest BCUT2D eigenvalue weighted by atomic mass is 35.5. The Hall–Kier alpha value is -6.48. The molecule has 22 heteroatoms. The summed E-state index contributed by atoms with van der Waals surface area (Å²) in [7, 11) is 1.39. The fraction of sp³-hybridized carbons (Fsp3) is 0.391. The summed E-state index contributed by atoms with van der Waals surface area (Å²) in [4.78, 5) is 46.7. The normalized spacial score (nSPS) is 14.4. The average molecular weight is 973 g/mol. The molecule has 2 aromatic carbocycles. The summed E-state index contributed by atoms with van der Waals surface area (Å²) in [5, 5.41) is 10.3. The molecule has 18 nitrogen and oxygen atoms in total. The molecule has 0 bridgehead atoms. The number of hydrogen-bond donors (Lipinski definition) is 2. The van der Waals surface area contributed by atoms with E-state index in [1.807, 2.05) is 33.8 Å². The Labute approximate surface area is 398 Å². The van der Waals surface area contributed by atoms with Gasteiger partial charge in [-0.3, -0.25) is 23.9 Å². The number of hydrogen-bond acceptors (Lipinski definition) is 12. The molecule has 0 saturated carbocycles. The molecule has 2 unspecified atom stereocenters. The number of nitrogens with two attached hydrogens (primary N) is 2. The number of alkyl halides is 2. The number of carbonyl (C=O) groups is 2. The Bertz CT molecular complexity index is 3270. The number of carbonyl (C=O) groups excluding carboxylic acids is 2. The lowest BCUT2D eigenvalue weighted by molar-refractivity contribution is 0.0358. The first kappa shape index (κ1) is 46.6. The van der Waals surface area contributed by atoms with Crippen molar-refractivity contribution in [1.82, 2.24) is 53.5 Å². The van der Waals surface area contributed by atoms with Gasteiger partial charge in [0.2, 0.25) is 11.8 Å². The van der Waals surface area contributed by atoms with Gasteiger partial charge in [-0.2, -0.15) is 10.2 Å². The molecule has 6 aromatic heterocycles. The molecule has 9 rings (SSSR count). The predicted octanol–water partition coefficient (Wildman–Crippen LogP) is 6.86. The summed E-state index contributed by atoms with van der Waals surface area (Å²) in [6.45, 7) is 11.1. The number of benzene rings is 2. The van der Waals surface area contributed by atoms with Crippen LogP contribution in [0.25, 0.3) is 66.9 Å². The maximum Gasteiger partial charge on any atom is 0.248 e. The van der Waals surface area contributed by atoms with Gasteiger partial charge < -0.3 is 34.8 Å². The van der Waals surface area contributed by atoms with Crippen LogP contribution in [0.1, 0.15) is 52.4 Å². The van der Waals surface area contributed by atoms with Gasteiger partial charge in [0.15, 0.2) is 24.0 Å². The molecular formula is C46H49Cl2F2N13O5. The minimum atomic E-state index is -2.23. The Kier molecular flexibility index (Phi) is 13.0. The van der Waals surface area contributed by atoms with Crippen LogP contribution in [-0.4, -0.2) is 124 Å². The maximum absolute atomic E-state index is 17.4. The third-order valence-corrected chi connectivity index (χ3v) is 12.7. The van der Waals surface area contributed by atoms with Crippen molar-refractivity contribution in [2.45, 2.75) is 72.6 Å². The van der Waals surface area contributed by atoms with Gasteiger partial charge in [-0.1, -0.05) is 23.2 Å². The number of nitrogens with zero attached hydrogens (tertiary/aromatic N) is 11. The van der Waals surface area contributed by atoms with Crippen molar-refractivity contribution < 1.29 is 32.6 Å². The van der Waals surface area contributed by atoms with Crippen molar-refractivity contribution in [3.05, 3.63) is 69.2 Å². The molecule has 8 aromatic rings. The largest absolute Gasteiger partial charge is 0.495 e. The molecule has 1 saturated heterocycles. The van der Waals surface area contributed by atoms with Crippen molar-refractivity contribution >= 4 is 78.9 Å². The van der Waals surface area contributed by atoms with Crippen LogP contribution in [0.2, 0.25) is 10.3 Å². The van der Waals surface area contributed by atoms with Gasteiger partial charge in [-0.25, -0.2) is 28.7 Å². The molecule has 7 heterocycles. The molecule has 0 aliphatic carbocycles. The third kappa shape index (κ3) is 8.54. The van der Waals surface area contributed by atoms with Crippen LogP contribution in [0.4, 0.5) is 8.78 Å². The summed E-state index contributed by atoms with van der Waals surface area (Å²) >= 11 is 14.0. The van der Waals surface area contributed by atoms with Gasteiger partial charge in [0.25, 0.3) is 0 Å². The van der Waals surface area contributed by atoms with E-state index in [-0.39, 0.29) is 78.8 Å². The number of aromatic nitrogens is 10. The lowest BCUT2D eigenvalue weighted by Crippen LogP contribution is -2.37. The summed E-state index contributed by atoms with van der Waals surface area (Å²) < 4.78 is 58.8. The second-order valence-electron chi connectivity index (χ2n) is 16.6. The van der Waals surface area contributed by atoms with E-state index in [2.05, 4.69) is 25.1 Å². The lowest BCUT2D eigenvalue weighted by Gasteiger charge is -2.26. The molecule has 1 aliphatic rings. The molecule has 1 fully saturated rings. The van der Waals surface area contributed by atoms with Gasteiger partial charge in [0, 0.05) is 54.6 Å². The summed E-state index contributed by atoms with van der Waals surface area (Å²) in [6, 6.07) is 9.56. The first-order valence-corrected chi connectivity index (χ1v) is 23.0. The Morgan fingerprint density at radius 2 is 1.21 bits per heavy atom. The Morgan fingerprint density at radius 1 is 0.735 bits per heavy atom. The van der Waals surface area contributed by atoms with Crippen LogP contribution >= 0.6 is 23.2 Å². The minimum absolute atomic E-state index is 0.00188. The zero-order valence-corrected chi connectivity index (χ0v) is 39.5. The Morgan fingerprint density at radius 3 is 1.66 bits per heavy atom. The molecule has 0 radical (unpaired) electrons. The topological polar surface area (TPSA) is 214 Å². The van der Waals surface area contributed by atoms with E-state index in [1.54, 1.807) is 15.4 Å². The first-order valence-electron chi connectivity index (χ1n) is 22.2. The standard InChI is InChI=1S/C46H49Cl2F2N13O5/c1-6-62-31(15-23(3)57-62)43-53-39(47)35-27-17-25(41(51)64)19-33(66-5)37(27)60(45(35)55-43)21-29(49)30(50)22-61-38-28(36-40(48)54-44(56-46(36)61)32-16-24(4)58-63(32)7-2)18-26(42(52)65)20-34(38)68-12-8-9-59-10-13-67-14-11-59/h15-20,29-30H,6-14,21-22H2,1-5H3,(H2,51,64)(H2,52,65). The molecule has 68 heavy (non-hydrogen) atoms. The number of halogens is 4. The summed E-state index contributed by atoms with van der Waals surface area (Å²) in [5.74, 6) is -0.745. The lowest BCUT2D eigenvalue weighted by atomic mass is 10.1. The van der Waals surface area contributed by atoms with Crippen molar-refractivity contribution in [3.63, 3.8) is 0 Å². The van der Waals surface area contributed by atoms with Crippen molar-refractivity contribution in [2.75, 3.05) is 46.6 Å². The zero-order chi connectivity index (χ0) is 48.1. The van der Waals surface area contributed by atoms with Gasteiger partial charge in [0.05, 0.1) is 73.2 Å². The first-order chi connectivity index (χ1) is 32.7. The van der Waals surface area contributed by atoms with Gasteiger partial charge in [0.1, 0.15) is 44.5 Å². The fourth-order valence-electron chi connectivity index (χ4n) is 9.00. The van der Waals surface area contributed by atoms with Crippen LogP contribution in [0.3, 0.4) is 0 Å². The quantitative estimate of drug-likeness (QED) is 0.0708. The van der Waals surface area contributed by atoms with E-state index in [0.29, 0.717) is 71.8 Å². The van der Waals surface area contributed by atoms with Crippen LogP contribution < -0.4 is 20.9 Å². The van der Waals surface area contributed by atoms with Crippen LogP contribution in [0.5, 0.6) is 11.5 Å². The van der Waals surface area contributed by atoms with Crippen LogP contribution in [-0.2, 0) is 30.9 Å². The zero-order valence-electron chi connectivity index (χ0n) is 38.0.